The van der Waals surface area contributed by atoms with Crippen LogP contribution in [0.3, 0.4) is 0 Å². The topological polar surface area (TPSA) is 51.2 Å². The highest BCUT2D eigenvalue weighted by molar-refractivity contribution is 7.95. The number of benzene rings is 9. The fraction of sp³-hybridized carbons (Fsp3) is 0.182. The standard InChI is InChI=1S/C66H66O3P4/c1-64(2,3)54-41-25-28-44-58(54)71(67,51-35-19-12-20-36-51)61-48-47-57(70(49-31-15-10-16-32-49)50-33-17-11-18-34-50)62(72(68,52-37-21-13-22-38-52)59-45-29-26-42-55(59)65(4,5)6)63(61)73(69,53-39-23-14-24-40-53)60-46-30-27-43-56(60)66(7,8)9/h10-48H,1-9H3. The molecule has 3 unspecified atom stereocenters. The second-order valence-electron chi connectivity index (χ2n) is 21.9. The summed E-state index contributed by atoms with van der Waals surface area (Å²) in [6.07, 6.45) is 0. The number of hydrogen-bond donors (Lipinski definition) is 0. The maximum absolute atomic E-state index is 18.9. The van der Waals surface area contributed by atoms with E-state index < -0.39 is 45.6 Å². The Hall–Kier alpha value is -5.90. The van der Waals surface area contributed by atoms with Crippen molar-refractivity contribution in [2.75, 3.05) is 0 Å². The van der Waals surface area contributed by atoms with E-state index in [-0.39, 0.29) is 0 Å². The summed E-state index contributed by atoms with van der Waals surface area (Å²) < 4.78 is 56.1. The van der Waals surface area contributed by atoms with Crippen LogP contribution in [0.4, 0.5) is 0 Å². The van der Waals surface area contributed by atoms with Gasteiger partial charge in [-0.3, -0.25) is 0 Å². The van der Waals surface area contributed by atoms with Crippen molar-refractivity contribution in [2.45, 2.75) is 78.6 Å². The SMILES string of the molecule is CC(C)(C)c1ccccc1P(=O)(c1ccccc1)c1ccc(P(c2ccccc2)c2ccccc2)c(P(=O)(c2ccccc2)c2ccccc2C(C)(C)C)c1P(=O)(c1ccccc1)c1ccccc1C(C)(C)C. The van der Waals surface area contributed by atoms with Gasteiger partial charge in [0.15, 0.2) is 21.4 Å². The molecule has 0 bridgehead atoms. The lowest BCUT2D eigenvalue weighted by Crippen LogP contribution is -2.54. The third-order valence-corrected chi connectivity index (χ3v) is 26.4. The first kappa shape index (κ1) is 52.0. The first-order chi connectivity index (χ1) is 34.8. The van der Waals surface area contributed by atoms with Crippen LogP contribution in [0.5, 0.6) is 0 Å². The van der Waals surface area contributed by atoms with Crippen LogP contribution in [0.25, 0.3) is 0 Å². The van der Waals surface area contributed by atoms with Crippen molar-refractivity contribution in [1.82, 2.24) is 0 Å². The van der Waals surface area contributed by atoms with Crippen molar-refractivity contribution in [1.29, 1.82) is 0 Å². The molecule has 0 heterocycles. The number of hydrogen-bond acceptors (Lipinski definition) is 3. The van der Waals surface area contributed by atoms with Gasteiger partial charge in [0.2, 0.25) is 0 Å². The van der Waals surface area contributed by atoms with Crippen LogP contribution >= 0.6 is 29.3 Å². The fourth-order valence-electron chi connectivity index (χ4n) is 10.4. The van der Waals surface area contributed by atoms with Crippen molar-refractivity contribution in [3.05, 3.63) is 253 Å². The van der Waals surface area contributed by atoms with Gasteiger partial charge in [0.25, 0.3) is 0 Å². The van der Waals surface area contributed by atoms with Gasteiger partial charge in [0.1, 0.15) is 0 Å². The molecule has 9 aromatic rings. The highest BCUT2D eigenvalue weighted by atomic mass is 31.2. The maximum atomic E-state index is 18.9. The van der Waals surface area contributed by atoms with Gasteiger partial charge in [-0.1, -0.05) is 293 Å². The van der Waals surface area contributed by atoms with Crippen molar-refractivity contribution in [3.8, 4) is 0 Å². The van der Waals surface area contributed by atoms with Crippen LogP contribution in [0.1, 0.15) is 79.0 Å². The van der Waals surface area contributed by atoms with E-state index in [9.17, 15) is 0 Å². The molecule has 0 saturated carbocycles. The molecule has 0 aromatic heterocycles. The molecular formula is C66H66O3P4. The Morgan fingerprint density at radius 1 is 0.274 bits per heavy atom. The van der Waals surface area contributed by atoms with Crippen LogP contribution in [0.15, 0.2) is 237 Å². The lowest BCUT2D eigenvalue weighted by atomic mass is 9.87. The zero-order chi connectivity index (χ0) is 51.8. The van der Waals surface area contributed by atoms with E-state index in [1.165, 1.54) is 0 Å². The molecule has 368 valence electrons. The Balaban J connectivity index is 1.68. The Labute approximate surface area is 436 Å². The van der Waals surface area contributed by atoms with Crippen LogP contribution in [0, 0.1) is 0 Å². The second-order valence-corrected chi connectivity index (χ2v) is 32.2. The molecule has 7 heteroatoms. The van der Waals surface area contributed by atoms with Crippen LogP contribution in [-0.2, 0) is 29.9 Å². The Morgan fingerprint density at radius 3 is 0.890 bits per heavy atom. The quantitative estimate of drug-likeness (QED) is 0.115. The highest BCUT2D eigenvalue weighted by Crippen LogP contribution is 2.55. The third kappa shape index (κ3) is 9.61. The molecule has 3 nitrogen and oxygen atoms in total. The van der Waals surface area contributed by atoms with E-state index in [2.05, 4.69) is 135 Å². The fourth-order valence-corrected chi connectivity index (χ4v) is 25.0. The first-order valence-electron chi connectivity index (χ1n) is 25.2. The third-order valence-electron chi connectivity index (χ3n) is 13.9. The van der Waals surface area contributed by atoms with Gasteiger partial charge in [-0.15, -0.1) is 0 Å². The summed E-state index contributed by atoms with van der Waals surface area (Å²) in [6, 6.07) is 78.8. The predicted molar refractivity (Wildman–Crippen MR) is 319 cm³/mol. The van der Waals surface area contributed by atoms with Gasteiger partial charge < -0.3 is 13.7 Å². The monoisotopic (exact) mass is 1030 g/mol. The average molecular weight is 1030 g/mol. The molecule has 73 heavy (non-hydrogen) atoms. The molecule has 0 N–H and O–H groups in total. The minimum Gasteiger partial charge on any atom is -0.309 e. The largest absolute Gasteiger partial charge is 0.309 e. The van der Waals surface area contributed by atoms with E-state index >= 15 is 13.7 Å². The van der Waals surface area contributed by atoms with Gasteiger partial charge >= 0.3 is 0 Å². The Bertz CT molecular complexity index is 3500. The molecule has 0 amide bonds. The normalized spacial score (nSPS) is 14.7. The summed E-state index contributed by atoms with van der Waals surface area (Å²) in [6.45, 7) is 19.5. The van der Waals surface area contributed by atoms with Crippen LogP contribution in [0.2, 0.25) is 0 Å². The van der Waals surface area contributed by atoms with Gasteiger partial charge in [0, 0.05) is 47.7 Å². The minimum absolute atomic E-state index is 0.374. The molecule has 0 radical (unpaired) electrons. The zero-order valence-corrected chi connectivity index (χ0v) is 47.1. The Kier molecular flexibility index (Phi) is 14.5. The van der Waals surface area contributed by atoms with E-state index in [0.717, 1.165) is 32.6 Å². The minimum atomic E-state index is -4.36. The second kappa shape index (κ2) is 20.4. The molecule has 0 aliphatic heterocycles. The Morgan fingerprint density at radius 2 is 0.548 bits per heavy atom. The summed E-state index contributed by atoms with van der Waals surface area (Å²) in [7, 11) is -14.3. The molecule has 9 aromatic carbocycles. The van der Waals surface area contributed by atoms with Crippen LogP contribution in [-0.4, -0.2) is 0 Å². The maximum Gasteiger partial charge on any atom is 0.172 e. The molecule has 9 rings (SSSR count). The van der Waals surface area contributed by atoms with Gasteiger partial charge in [0.05, 0.1) is 0 Å². The highest BCUT2D eigenvalue weighted by Gasteiger charge is 2.50. The lowest BCUT2D eigenvalue weighted by Gasteiger charge is -2.38. The summed E-state index contributed by atoms with van der Waals surface area (Å²) in [5.74, 6) is 0. The summed E-state index contributed by atoms with van der Waals surface area (Å²) in [5.41, 5.74) is 1.31. The molecule has 0 spiro atoms. The molecule has 0 aliphatic rings. The molecular weight excluding hydrogens is 965 g/mol. The first-order valence-corrected chi connectivity index (χ1v) is 31.6. The van der Waals surface area contributed by atoms with Crippen molar-refractivity contribution < 1.29 is 13.7 Å². The lowest BCUT2D eigenvalue weighted by molar-refractivity contribution is 0.581. The zero-order valence-electron chi connectivity index (χ0n) is 43.5. The van der Waals surface area contributed by atoms with Gasteiger partial charge in [-0.2, -0.15) is 0 Å². The van der Waals surface area contributed by atoms with E-state index in [0.29, 0.717) is 47.7 Å². The van der Waals surface area contributed by atoms with Crippen LogP contribution < -0.4 is 63.7 Å². The van der Waals surface area contributed by atoms with E-state index in [1.807, 2.05) is 164 Å². The average Bonchev–Trinajstić information content (AvgIpc) is 3.41. The van der Waals surface area contributed by atoms with Gasteiger partial charge in [-0.25, -0.2) is 0 Å². The smallest absolute Gasteiger partial charge is 0.172 e. The molecule has 0 saturated heterocycles. The van der Waals surface area contributed by atoms with Crippen molar-refractivity contribution in [2.24, 2.45) is 0 Å². The van der Waals surface area contributed by atoms with Crippen molar-refractivity contribution >= 4 is 93.0 Å². The van der Waals surface area contributed by atoms with E-state index in [1.54, 1.807) is 0 Å². The van der Waals surface area contributed by atoms with E-state index in [4.69, 9.17) is 0 Å². The summed E-state index contributed by atoms with van der Waals surface area (Å²) >= 11 is 0. The molecule has 3 atom stereocenters. The molecule has 0 aliphatic carbocycles. The molecule has 0 fully saturated rings. The van der Waals surface area contributed by atoms with Gasteiger partial charge in [-0.05, 0) is 62.8 Å². The number of rotatable bonds is 12. The van der Waals surface area contributed by atoms with Crippen molar-refractivity contribution in [3.63, 3.8) is 0 Å². The summed E-state index contributed by atoms with van der Waals surface area (Å²) in [5, 5.41) is 7.90. The predicted octanol–water partition coefficient (Wildman–Crippen LogP) is 12.3. The summed E-state index contributed by atoms with van der Waals surface area (Å²) in [4.78, 5) is 0.